The van der Waals surface area contributed by atoms with Crippen LogP contribution in [0.4, 0.5) is 0 Å². The molecule has 0 radical (unpaired) electrons. The summed E-state index contributed by atoms with van der Waals surface area (Å²) in [6.07, 6.45) is 4.18. The van der Waals surface area contributed by atoms with Crippen molar-refractivity contribution in [1.82, 2.24) is 10.2 Å². The first-order valence-electron chi connectivity index (χ1n) is 9.90. The molecule has 2 aromatic rings. The zero-order valence-corrected chi connectivity index (χ0v) is 15.4. The Kier molecular flexibility index (Phi) is 5.47. The lowest BCUT2D eigenvalue weighted by Gasteiger charge is -2.34. The summed E-state index contributed by atoms with van der Waals surface area (Å²) in [5.41, 5.74) is 4.17. The minimum Gasteiger partial charge on any atom is -0.305 e. The van der Waals surface area contributed by atoms with E-state index in [1.54, 1.807) is 0 Å². The van der Waals surface area contributed by atoms with Crippen LogP contribution in [0.1, 0.15) is 41.9 Å². The van der Waals surface area contributed by atoms with Crippen molar-refractivity contribution in [1.29, 1.82) is 0 Å². The third kappa shape index (κ3) is 4.05. The average Bonchev–Trinajstić information content (AvgIpc) is 2.69. The summed E-state index contributed by atoms with van der Waals surface area (Å²) in [7, 11) is 0. The minimum absolute atomic E-state index is 0.0263. The number of hydrogen-bond acceptors (Lipinski definition) is 3. The van der Waals surface area contributed by atoms with Crippen molar-refractivity contribution in [2.75, 3.05) is 19.6 Å². The van der Waals surface area contributed by atoms with Crippen LogP contribution in [-0.2, 0) is 17.8 Å². The minimum atomic E-state index is -0.0263. The molecule has 26 heavy (non-hydrogen) atoms. The maximum Gasteiger partial charge on any atom is 0.151 e. The van der Waals surface area contributed by atoms with Crippen molar-refractivity contribution in [2.45, 2.75) is 44.2 Å². The Morgan fingerprint density at radius 3 is 2.77 bits per heavy atom. The predicted molar refractivity (Wildman–Crippen MR) is 105 cm³/mol. The number of carbonyl (C=O) groups excluding carboxylic acids is 1. The van der Waals surface area contributed by atoms with Gasteiger partial charge in [-0.15, -0.1) is 0 Å². The average molecular weight is 348 g/mol. The predicted octanol–water partition coefficient (Wildman–Crippen LogP) is 3.54. The Morgan fingerprint density at radius 1 is 1.08 bits per heavy atom. The molecule has 0 aromatic heterocycles. The van der Waals surface area contributed by atoms with Gasteiger partial charge in [-0.2, -0.15) is 0 Å². The van der Waals surface area contributed by atoms with Crippen molar-refractivity contribution in [2.24, 2.45) is 0 Å². The zero-order valence-electron chi connectivity index (χ0n) is 15.4. The van der Waals surface area contributed by atoms with Gasteiger partial charge in [0.1, 0.15) is 0 Å². The van der Waals surface area contributed by atoms with E-state index in [4.69, 9.17) is 0 Å². The van der Waals surface area contributed by atoms with E-state index in [2.05, 4.69) is 64.8 Å². The maximum atomic E-state index is 13.0. The fraction of sp³-hybridized carbons (Fsp3) is 0.435. The summed E-state index contributed by atoms with van der Waals surface area (Å²) in [5.74, 6) is 0.781. The second-order valence-corrected chi connectivity index (χ2v) is 7.69. The zero-order chi connectivity index (χ0) is 17.8. The molecule has 0 amide bonds. The van der Waals surface area contributed by atoms with Crippen molar-refractivity contribution in [3.8, 4) is 0 Å². The number of nitrogens with one attached hydrogen (secondary N) is 1. The molecule has 3 nitrogen and oxygen atoms in total. The summed E-state index contributed by atoms with van der Waals surface area (Å²) < 4.78 is 0. The molecule has 1 aliphatic carbocycles. The molecule has 1 fully saturated rings. The number of fused-ring (bicyclic) bond motifs is 1. The number of piperazine rings is 1. The number of nitrogens with zero attached hydrogens (tertiary/aromatic N) is 1. The smallest absolute Gasteiger partial charge is 0.151 e. The molecule has 2 atom stereocenters. The van der Waals surface area contributed by atoms with Crippen molar-refractivity contribution >= 4 is 5.78 Å². The first-order chi connectivity index (χ1) is 12.8. The Labute approximate surface area is 156 Å². The quantitative estimate of drug-likeness (QED) is 0.897. The van der Waals surface area contributed by atoms with Crippen LogP contribution in [0.2, 0.25) is 0 Å². The normalized spacial score (nSPS) is 23.4. The second kappa shape index (κ2) is 8.15. The molecule has 1 aliphatic heterocycles. The van der Waals surface area contributed by atoms with Crippen molar-refractivity contribution in [3.63, 3.8) is 0 Å². The molecule has 1 saturated heterocycles. The van der Waals surface area contributed by atoms with Gasteiger partial charge in [0, 0.05) is 32.6 Å². The molecule has 0 bridgehead atoms. The summed E-state index contributed by atoms with van der Waals surface area (Å²) in [4.78, 5) is 15.4. The lowest BCUT2D eigenvalue weighted by atomic mass is 9.79. The molecule has 4 rings (SSSR count). The molecule has 3 heteroatoms. The highest BCUT2D eigenvalue weighted by Crippen LogP contribution is 2.34. The summed E-state index contributed by atoms with van der Waals surface area (Å²) in [6.45, 7) is 3.65. The third-order valence-corrected chi connectivity index (χ3v) is 5.84. The molecular formula is C23H28N2O. The van der Waals surface area contributed by atoms with Crippen molar-refractivity contribution < 1.29 is 4.79 Å². The molecule has 0 unspecified atom stereocenters. The third-order valence-electron chi connectivity index (χ3n) is 5.84. The highest BCUT2D eigenvalue weighted by molar-refractivity contribution is 5.85. The molecule has 0 saturated carbocycles. The molecule has 1 heterocycles. The van der Waals surface area contributed by atoms with Crippen LogP contribution < -0.4 is 5.32 Å². The molecule has 1 N–H and O–H groups in total. The number of hydrogen-bond donors (Lipinski definition) is 1. The second-order valence-electron chi connectivity index (χ2n) is 7.69. The summed E-state index contributed by atoms with van der Waals surface area (Å²) in [6, 6.07) is 19.2. The number of aryl methyl sites for hydroxylation is 1. The van der Waals surface area contributed by atoms with Gasteiger partial charge in [-0.05, 0) is 41.9 Å². The van der Waals surface area contributed by atoms with E-state index < -0.39 is 0 Å². The standard InChI is InChI=1S/C23H28N2O/c26-23(15-20-11-6-10-19-9-4-5-12-21(19)20)22-17-25(14-13-24-22)16-18-7-2-1-3-8-18/h1-5,7-9,12,20,22,24H,6,10-11,13-17H2/t20-,22-/m0/s1. The number of Topliss-reactive ketones (excluding diaryl/α,β-unsaturated/α-hetero) is 1. The van der Waals surface area contributed by atoms with Crippen LogP contribution >= 0.6 is 0 Å². The van der Waals surface area contributed by atoms with Gasteiger partial charge in [0.05, 0.1) is 6.04 Å². The number of ketones is 1. The Morgan fingerprint density at radius 2 is 1.88 bits per heavy atom. The van der Waals surface area contributed by atoms with E-state index in [9.17, 15) is 4.79 Å². The molecular weight excluding hydrogens is 320 g/mol. The van der Waals surface area contributed by atoms with Crippen LogP contribution in [0.3, 0.4) is 0 Å². The Balaban J connectivity index is 1.38. The van der Waals surface area contributed by atoms with Crippen LogP contribution in [0.15, 0.2) is 54.6 Å². The highest BCUT2D eigenvalue weighted by Gasteiger charge is 2.29. The van der Waals surface area contributed by atoms with E-state index in [0.717, 1.165) is 39.0 Å². The van der Waals surface area contributed by atoms with Crippen LogP contribution in [-0.4, -0.2) is 36.4 Å². The van der Waals surface area contributed by atoms with Crippen LogP contribution in [0.5, 0.6) is 0 Å². The number of carbonyl (C=O) groups is 1. The van der Waals surface area contributed by atoms with Crippen LogP contribution in [0, 0.1) is 0 Å². The van der Waals surface area contributed by atoms with E-state index in [0.29, 0.717) is 18.1 Å². The van der Waals surface area contributed by atoms with Gasteiger partial charge in [0.2, 0.25) is 0 Å². The van der Waals surface area contributed by atoms with E-state index >= 15 is 0 Å². The maximum absolute atomic E-state index is 13.0. The van der Waals surface area contributed by atoms with Crippen LogP contribution in [0.25, 0.3) is 0 Å². The molecule has 2 aliphatic rings. The fourth-order valence-corrected chi connectivity index (χ4v) is 4.46. The Hall–Kier alpha value is -1.97. The fourth-order valence-electron chi connectivity index (χ4n) is 4.46. The lowest BCUT2D eigenvalue weighted by Crippen LogP contribution is -2.54. The molecule has 136 valence electrons. The molecule has 2 aromatic carbocycles. The largest absolute Gasteiger partial charge is 0.305 e. The highest BCUT2D eigenvalue weighted by atomic mass is 16.1. The topological polar surface area (TPSA) is 32.3 Å². The van der Waals surface area contributed by atoms with Gasteiger partial charge in [0.25, 0.3) is 0 Å². The van der Waals surface area contributed by atoms with E-state index in [1.807, 2.05) is 0 Å². The van der Waals surface area contributed by atoms with E-state index in [1.165, 1.54) is 23.1 Å². The first-order valence-corrected chi connectivity index (χ1v) is 9.90. The van der Waals surface area contributed by atoms with Gasteiger partial charge >= 0.3 is 0 Å². The van der Waals surface area contributed by atoms with Gasteiger partial charge in [-0.3, -0.25) is 9.69 Å². The van der Waals surface area contributed by atoms with Gasteiger partial charge in [-0.25, -0.2) is 0 Å². The van der Waals surface area contributed by atoms with Gasteiger partial charge in [-0.1, -0.05) is 54.6 Å². The summed E-state index contributed by atoms with van der Waals surface area (Å²) in [5, 5.41) is 3.46. The Bertz CT molecular complexity index is 743. The number of rotatable bonds is 5. The summed E-state index contributed by atoms with van der Waals surface area (Å²) >= 11 is 0. The van der Waals surface area contributed by atoms with Gasteiger partial charge < -0.3 is 5.32 Å². The monoisotopic (exact) mass is 348 g/mol. The van der Waals surface area contributed by atoms with E-state index in [-0.39, 0.29) is 6.04 Å². The van der Waals surface area contributed by atoms with Gasteiger partial charge in [0.15, 0.2) is 5.78 Å². The number of benzene rings is 2. The SMILES string of the molecule is O=C(C[C@@H]1CCCc2ccccc21)[C@@H]1CN(Cc2ccccc2)CCN1. The molecule has 0 spiro atoms. The lowest BCUT2D eigenvalue weighted by molar-refractivity contribution is -0.122. The van der Waals surface area contributed by atoms with Crippen molar-refractivity contribution in [3.05, 3.63) is 71.3 Å². The first kappa shape index (κ1) is 17.4.